The summed E-state index contributed by atoms with van der Waals surface area (Å²) in [5.41, 5.74) is 0. The minimum absolute atomic E-state index is 1.00. The van der Waals surface area contributed by atoms with Crippen molar-refractivity contribution in [1.82, 2.24) is 0 Å². The van der Waals surface area contributed by atoms with Gasteiger partial charge >= 0.3 is 0 Å². The smallest absolute Gasteiger partial charge is 0.234 e. The number of hydrogen-bond acceptors (Lipinski definition) is 1. The number of hydrogen-bond donors (Lipinski definition) is 0. The number of ether oxygens (including phenoxy) is 1. The molecule has 0 aromatic heterocycles. The van der Waals surface area contributed by atoms with Crippen molar-refractivity contribution in [2.24, 2.45) is 0 Å². The molecule has 0 saturated carbocycles. The minimum Gasteiger partial charge on any atom is -0.381 e. The van der Waals surface area contributed by atoms with E-state index < -0.39 is 7.42 Å². The lowest BCUT2D eigenvalue weighted by atomic mass is 10.4. The molecule has 1 fully saturated rings. The van der Waals surface area contributed by atoms with Crippen molar-refractivity contribution >= 4 is 29.6 Å². The van der Waals surface area contributed by atoms with Gasteiger partial charge in [0.2, 0.25) is 7.42 Å². The highest BCUT2D eigenvalue weighted by molar-refractivity contribution is 7.33. The molecular formula is C5H12Cl2OSi. The first-order valence-electron chi connectivity index (χ1n) is 3.09. The Kier molecular flexibility index (Phi) is 7.45. The monoisotopic (exact) mass is 186 g/mol. The van der Waals surface area contributed by atoms with Gasteiger partial charge in [0.25, 0.3) is 0 Å². The van der Waals surface area contributed by atoms with E-state index in [0.29, 0.717) is 0 Å². The summed E-state index contributed by atoms with van der Waals surface area (Å²) in [5.74, 6) is 0. The highest BCUT2D eigenvalue weighted by Gasteiger charge is 1.94. The van der Waals surface area contributed by atoms with Crippen LogP contribution in [0.3, 0.4) is 0 Å². The second-order valence-corrected chi connectivity index (χ2v) is 7.47. The average Bonchev–Trinajstić information content (AvgIpc) is 2.11. The van der Waals surface area contributed by atoms with Gasteiger partial charge in [0.15, 0.2) is 0 Å². The van der Waals surface area contributed by atoms with Crippen LogP contribution in [0.25, 0.3) is 0 Å². The number of halogens is 2. The van der Waals surface area contributed by atoms with Crippen LogP contribution in [0, 0.1) is 0 Å². The molecular weight excluding hydrogens is 175 g/mol. The van der Waals surface area contributed by atoms with Crippen LogP contribution >= 0.6 is 22.2 Å². The first kappa shape index (κ1) is 9.76. The molecule has 1 heterocycles. The van der Waals surface area contributed by atoms with E-state index in [-0.39, 0.29) is 0 Å². The Morgan fingerprint density at radius 3 is 1.67 bits per heavy atom. The fraction of sp³-hybridized carbons (Fsp3) is 1.00. The molecule has 1 saturated heterocycles. The summed E-state index contributed by atoms with van der Waals surface area (Å²) in [6, 6.07) is 0. The van der Waals surface area contributed by atoms with E-state index in [1.807, 2.05) is 6.55 Å². The summed E-state index contributed by atoms with van der Waals surface area (Å²) in [4.78, 5) is 0. The molecule has 0 aliphatic carbocycles. The summed E-state index contributed by atoms with van der Waals surface area (Å²) >= 11 is 10.4. The zero-order chi connectivity index (χ0) is 7.11. The Morgan fingerprint density at radius 1 is 1.22 bits per heavy atom. The van der Waals surface area contributed by atoms with Gasteiger partial charge < -0.3 is 4.74 Å². The Labute approximate surface area is 67.3 Å². The van der Waals surface area contributed by atoms with E-state index in [0.717, 1.165) is 13.2 Å². The van der Waals surface area contributed by atoms with Crippen LogP contribution in [0.1, 0.15) is 12.8 Å². The quantitative estimate of drug-likeness (QED) is 0.417. The molecule has 56 valence electrons. The van der Waals surface area contributed by atoms with Crippen molar-refractivity contribution in [3.05, 3.63) is 0 Å². The second kappa shape index (κ2) is 6.87. The van der Waals surface area contributed by atoms with E-state index >= 15 is 0 Å². The third-order valence-corrected chi connectivity index (χ3v) is 0.827. The topological polar surface area (TPSA) is 9.23 Å². The molecule has 0 aromatic carbocycles. The van der Waals surface area contributed by atoms with E-state index in [1.54, 1.807) is 0 Å². The molecule has 0 N–H and O–H groups in total. The van der Waals surface area contributed by atoms with Crippen LogP contribution in [0.5, 0.6) is 0 Å². The molecule has 0 radical (unpaired) electrons. The lowest BCUT2D eigenvalue weighted by Gasteiger charge is -1.76. The van der Waals surface area contributed by atoms with Gasteiger partial charge in [-0.15, -0.1) is 0 Å². The molecule has 0 unspecified atom stereocenters. The Morgan fingerprint density at radius 2 is 1.56 bits per heavy atom. The zero-order valence-corrected chi connectivity index (χ0v) is 8.24. The summed E-state index contributed by atoms with van der Waals surface area (Å²) in [5, 5.41) is 0. The minimum atomic E-state index is -1.19. The molecule has 0 aromatic rings. The first-order valence-corrected chi connectivity index (χ1v) is 7.74. The van der Waals surface area contributed by atoms with Crippen molar-refractivity contribution in [3.8, 4) is 0 Å². The Hall–Kier alpha value is 0.757. The van der Waals surface area contributed by atoms with Gasteiger partial charge in [-0.05, 0) is 19.4 Å². The molecule has 1 nitrogen and oxygen atoms in total. The lowest BCUT2D eigenvalue weighted by molar-refractivity contribution is 0.198. The van der Waals surface area contributed by atoms with Gasteiger partial charge in [0.05, 0.1) is 0 Å². The SMILES string of the molecule is C1CCOC1.C[SiH](Cl)Cl. The fourth-order valence-electron chi connectivity index (χ4n) is 0.510. The molecule has 9 heavy (non-hydrogen) atoms. The summed E-state index contributed by atoms with van der Waals surface area (Å²) in [6.45, 7) is 3.84. The maximum atomic E-state index is 5.18. The molecule has 0 amide bonds. The van der Waals surface area contributed by atoms with E-state index in [4.69, 9.17) is 26.9 Å². The molecule has 1 rings (SSSR count). The molecule has 4 heteroatoms. The van der Waals surface area contributed by atoms with E-state index in [1.165, 1.54) is 12.8 Å². The van der Waals surface area contributed by atoms with Crippen LogP contribution in [0.2, 0.25) is 6.55 Å². The second-order valence-electron chi connectivity index (χ2n) is 1.84. The highest BCUT2D eigenvalue weighted by Crippen LogP contribution is 1.98. The predicted octanol–water partition coefficient (Wildman–Crippen LogP) is 2.11. The van der Waals surface area contributed by atoms with Crippen molar-refractivity contribution < 1.29 is 4.74 Å². The van der Waals surface area contributed by atoms with E-state index in [9.17, 15) is 0 Å². The van der Waals surface area contributed by atoms with Crippen LogP contribution in [0.4, 0.5) is 0 Å². The van der Waals surface area contributed by atoms with Crippen molar-refractivity contribution in [2.75, 3.05) is 13.2 Å². The van der Waals surface area contributed by atoms with Crippen molar-refractivity contribution in [2.45, 2.75) is 19.4 Å². The zero-order valence-electron chi connectivity index (χ0n) is 5.57. The standard InChI is InChI=1S/C4H8O.CH4Cl2Si/c1-2-4-5-3-1;1-4(2)3/h1-4H2;4H,1H3. The predicted molar refractivity (Wildman–Crippen MR) is 44.8 cm³/mol. The Balaban J connectivity index is 0.000000148. The first-order chi connectivity index (χ1) is 4.23. The van der Waals surface area contributed by atoms with Crippen LogP contribution < -0.4 is 0 Å². The molecule has 0 atom stereocenters. The van der Waals surface area contributed by atoms with Crippen LogP contribution in [0.15, 0.2) is 0 Å². The Bertz CT molecular complexity index is 46.6. The van der Waals surface area contributed by atoms with Gasteiger partial charge in [0, 0.05) is 13.2 Å². The van der Waals surface area contributed by atoms with Gasteiger partial charge in [-0.25, -0.2) is 0 Å². The molecule has 1 aliphatic heterocycles. The summed E-state index contributed by atoms with van der Waals surface area (Å²) in [6.07, 6.45) is 2.56. The van der Waals surface area contributed by atoms with Gasteiger partial charge in [-0.2, -0.15) is 22.2 Å². The van der Waals surface area contributed by atoms with Gasteiger partial charge in [-0.3, -0.25) is 0 Å². The van der Waals surface area contributed by atoms with Gasteiger partial charge in [-0.1, -0.05) is 0 Å². The number of rotatable bonds is 0. The fourth-order valence-corrected chi connectivity index (χ4v) is 0.510. The molecule has 0 spiro atoms. The lowest BCUT2D eigenvalue weighted by Crippen LogP contribution is -1.74. The van der Waals surface area contributed by atoms with Crippen LogP contribution in [-0.4, -0.2) is 20.6 Å². The highest BCUT2D eigenvalue weighted by atomic mass is 35.7. The summed E-state index contributed by atoms with van der Waals surface area (Å²) in [7, 11) is -1.19. The maximum absolute atomic E-state index is 5.18. The largest absolute Gasteiger partial charge is 0.381 e. The summed E-state index contributed by atoms with van der Waals surface area (Å²) < 4.78 is 4.94. The van der Waals surface area contributed by atoms with E-state index in [2.05, 4.69) is 0 Å². The van der Waals surface area contributed by atoms with Crippen molar-refractivity contribution in [1.29, 1.82) is 0 Å². The normalized spacial score (nSPS) is 17.3. The van der Waals surface area contributed by atoms with Crippen LogP contribution in [-0.2, 0) is 4.74 Å². The third-order valence-electron chi connectivity index (χ3n) is 0.827. The maximum Gasteiger partial charge on any atom is 0.234 e. The molecule has 0 bridgehead atoms. The third kappa shape index (κ3) is 12.1. The van der Waals surface area contributed by atoms with Crippen molar-refractivity contribution in [3.63, 3.8) is 0 Å². The molecule has 1 aliphatic rings. The average molecular weight is 187 g/mol. The van der Waals surface area contributed by atoms with Gasteiger partial charge in [0.1, 0.15) is 0 Å².